The lowest BCUT2D eigenvalue weighted by Gasteiger charge is -2.29. The molecule has 2 saturated heterocycles. The van der Waals surface area contributed by atoms with Gasteiger partial charge in [0.25, 0.3) is 5.91 Å². The average Bonchev–Trinajstić information content (AvgIpc) is 2.71. The van der Waals surface area contributed by atoms with Crippen molar-refractivity contribution in [1.29, 1.82) is 0 Å². The Morgan fingerprint density at radius 1 is 1.29 bits per heavy atom. The molecule has 2 aliphatic heterocycles. The molecule has 1 aromatic carbocycles. The highest BCUT2D eigenvalue weighted by Gasteiger charge is 2.35. The van der Waals surface area contributed by atoms with E-state index >= 15 is 0 Å². The highest BCUT2D eigenvalue weighted by atomic mass is 16.1. The van der Waals surface area contributed by atoms with Gasteiger partial charge in [0.2, 0.25) is 0 Å². The Morgan fingerprint density at radius 3 is 2.81 bits per heavy atom. The fraction of sp³-hybridized carbons (Fsp3) is 0.562. The molecule has 2 heterocycles. The van der Waals surface area contributed by atoms with Crippen LogP contribution in [0.2, 0.25) is 0 Å². The fourth-order valence-electron chi connectivity index (χ4n) is 3.66. The van der Waals surface area contributed by atoms with Crippen molar-refractivity contribution in [2.45, 2.75) is 31.3 Å². The standard InChI is InChI=1S/C16H24N4O/c1-18-16(21)14-6-3-11(17)9-15(14)20-8-7-12-4-5-13(10-20)19(12)2/h3,6,9,12-13H,4-5,7-8,10,17H2,1-2H3,(H,18,21). The summed E-state index contributed by atoms with van der Waals surface area (Å²) >= 11 is 0. The summed E-state index contributed by atoms with van der Waals surface area (Å²) in [5.74, 6) is -0.0484. The number of hydrogen-bond acceptors (Lipinski definition) is 4. The molecule has 5 heteroatoms. The maximum atomic E-state index is 12.1. The molecule has 0 saturated carbocycles. The van der Waals surface area contributed by atoms with Gasteiger partial charge in [-0.05, 0) is 44.5 Å². The highest BCUT2D eigenvalue weighted by Crippen LogP contribution is 2.32. The summed E-state index contributed by atoms with van der Waals surface area (Å²) in [6.45, 7) is 1.96. The maximum Gasteiger partial charge on any atom is 0.253 e. The number of nitrogen functional groups attached to an aromatic ring is 1. The van der Waals surface area contributed by atoms with E-state index in [9.17, 15) is 4.79 Å². The number of hydrogen-bond donors (Lipinski definition) is 2. The van der Waals surface area contributed by atoms with Crippen molar-refractivity contribution in [3.8, 4) is 0 Å². The molecule has 0 spiro atoms. The maximum absolute atomic E-state index is 12.1. The van der Waals surface area contributed by atoms with Crippen LogP contribution in [0.1, 0.15) is 29.6 Å². The Balaban J connectivity index is 1.92. The van der Waals surface area contributed by atoms with Crippen LogP contribution in [0.3, 0.4) is 0 Å². The van der Waals surface area contributed by atoms with E-state index in [4.69, 9.17) is 5.73 Å². The van der Waals surface area contributed by atoms with E-state index in [2.05, 4.69) is 22.2 Å². The summed E-state index contributed by atoms with van der Waals surface area (Å²) in [6, 6.07) is 6.82. The number of rotatable bonds is 2. The number of carbonyl (C=O) groups is 1. The van der Waals surface area contributed by atoms with Gasteiger partial charge >= 0.3 is 0 Å². The number of nitrogens with two attached hydrogens (primary N) is 1. The van der Waals surface area contributed by atoms with Crippen LogP contribution >= 0.6 is 0 Å². The van der Waals surface area contributed by atoms with Gasteiger partial charge in [-0.1, -0.05) is 0 Å². The number of nitrogens with one attached hydrogen (secondary N) is 1. The second-order valence-corrected chi connectivity index (χ2v) is 6.14. The van der Waals surface area contributed by atoms with E-state index in [1.54, 1.807) is 13.1 Å². The molecule has 2 fully saturated rings. The summed E-state index contributed by atoms with van der Waals surface area (Å²) in [5, 5.41) is 2.72. The summed E-state index contributed by atoms with van der Waals surface area (Å²) in [4.78, 5) is 16.9. The monoisotopic (exact) mass is 288 g/mol. The van der Waals surface area contributed by atoms with Gasteiger partial charge in [-0.3, -0.25) is 9.69 Å². The molecular formula is C16H24N4O. The molecule has 0 radical (unpaired) electrons. The first-order valence-corrected chi connectivity index (χ1v) is 7.68. The van der Waals surface area contributed by atoms with Crippen LogP contribution in [0.15, 0.2) is 18.2 Å². The van der Waals surface area contributed by atoms with Crippen molar-refractivity contribution in [3.63, 3.8) is 0 Å². The highest BCUT2D eigenvalue weighted by molar-refractivity contribution is 6.00. The van der Waals surface area contributed by atoms with Gasteiger partial charge in [0, 0.05) is 37.9 Å². The Hall–Kier alpha value is -1.75. The largest absolute Gasteiger partial charge is 0.399 e. The van der Waals surface area contributed by atoms with Gasteiger partial charge in [0.1, 0.15) is 0 Å². The Morgan fingerprint density at radius 2 is 2.05 bits per heavy atom. The fourth-order valence-corrected chi connectivity index (χ4v) is 3.66. The van der Waals surface area contributed by atoms with Crippen molar-refractivity contribution in [2.75, 3.05) is 37.8 Å². The first kappa shape index (κ1) is 14.2. The SMILES string of the molecule is CNC(=O)c1ccc(N)cc1N1CCC2CCC(C1)N2C. The van der Waals surface area contributed by atoms with Gasteiger partial charge < -0.3 is 16.0 Å². The molecule has 1 amide bonds. The zero-order valence-corrected chi connectivity index (χ0v) is 12.8. The molecule has 2 unspecified atom stereocenters. The summed E-state index contributed by atoms with van der Waals surface area (Å²) in [5.41, 5.74) is 8.34. The van der Waals surface area contributed by atoms with E-state index in [-0.39, 0.29) is 5.91 Å². The first-order valence-electron chi connectivity index (χ1n) is 7.68. The lowest BCUT2D eigenvalue weighted by molar-refractivity contribution is 0.0963. The van der Waals surface area contributed by atoms with E-state index in [1.807, 2.05) is 12.1 Å². The summed E-state index contributed by atoms with van der Waals surface area (Å²) in [6.07, 6.45) is 3.69. The number of fused-ring (bicyclic) bond motifs is 2. The lowest BCUT2D eigenvalue weighted by atomic mass is 10.1. The van der Waals surface area contributed by atoms with Crippen LogP contribution in [0.25, 0.3) is 0 Å². The van der Waals surface area contributed by atoms with Crippen molar-refractivity contribution >= 4 is 17.3 Å². The third-order valence-corrected chi connectivity index (χ3v) is 4.98. The van der Waals surface area contributed by atoms with Gasteiger partial charge in [0.05, 0.1) is 11.3 Å². The predicted molar refractivity (Wildman–Crippen MR) is 85.6 cm³/mol. The van der Waals surface area contributed by atoms with Gasteiger partial charge in [-0.25, -0.2) is 0 Å². The Kier molecular flexibility index (Phi) is 3.76. The molecular weight excluding hydrogens is 264 g/mol. The zero-order valence-electron chi connectivity index (χ0n) is 12.8. The number of amides is 1. The number of nitrogens with zero attached hydrogens (tertiary/aromatic N) is 2. The molecule has 3 rings (SSSR count). The number of benzene rings is 1. The number of carbonyl (C=O) groups excluding carboxylic acids is 1. The van der Waals surface area contributed by atoms with Crippen molar-refractivity contribution in [3.05, 3.63) is 23.8 Å². The Labute approximate surface area is 126 Å². The van der Waals surface area contributed by atoms with E-state index in [0.717, 1.165) is 25.2 Å². The quantitative estimate of drug-likeness (QED) is 0.805. The topological polar surface area (TPSA) is 61.6 Å². The zero-order chi connectivity index (χ0) is 15.0. The van der Waals surface area contributed by atoms with Crippen molar-refractivity contribution in [1.82, 2.24) is 10.2 Å². The van der Waals surface area contributed by atoms with E-state index in [0.29, 0.717) is 23.3 Å². The summed E-state index contributed by atoms with van der Waals surface area (Å²) < 4.78 is 0. The molecule has 5 nitrogen and oxygen atoms in total. The third kappa shape index (κ3) is 2.58. The van der Waals surface area contributed by atoms with Crippen LogP contribution in [0, 0.1) is 0 Å². The molecule has 114 valence electrons. The average molecular weight is 288 g/mol. The van der Waals surface area contributed by atoms with Gasteiger partial charge in [-0.2, -0.15) is 0 Å². The molecule has 21 heavy (non-hydrogen) atoms. The minimum absolute atomic E-state index is 0.0484. The van der Waals surface area contributed by atoms with E-state index < -0.39 is 0 Å². The van der Waals surface area contributed by atoms with Crippen LogP contribution in [0.4, 0.5) is 11.4 Å². The molecule has 2 aliphatic rings. The number of likely N-dealkylation sites (N-methyl/N-ethyl adjacent to an activating group) is 1. The molecule has 0 aliphatic carbocycles. The lowest BCUT2D eigenvalue weighted by Crippen LogP contribution is -2.37. The normalized spacial score (nSPS) is 25.7. The smallest absolute Gasteiger partial charge is 0.253 e. The summed E-state index contributed by atoms with van der Waals surface area (Å²) in [7, 11) is 3.89. The minimum atomic E-state index is -0.0484. The second-order valence-electron chi connectivity index (χ2n) is 6.14. The number of anilines is 2. The molecule has 2 bridgehead atoms. The van der Waals surface area contributed by atoms with Crippen LogP contribution < -0.4 is 16.0 Å². The second kappa shape index (κ2) is 5.56. The van der Waals surface area contributed by atoms with Crippen molar-refractivity contribution in [2.24, 2.45) is 0 Å². The van der Waals surface area contributed by atoms with E-state index in [1.165, 1.54) is 12.8 Å². The van der Waals surface area contributed by atoms with Crippen LogP contribution in [-0.2, 0) is 0 Å². The molecule has 3 N–H and O–H groups in total. The predicted octanol–water partition coefficient (Wildman–Crippen LogP) is 1.30. The first-order chi connectivity index (χ1) is 10.1. The van der Waals surface area contributed by atoms with Gasteiger partial charge in [0.15, 0.2) is 0 Å². The molecule has 0 aromatic heterocycles. The molecule has 2 atom stereocenters. The Bertz CT molecular complexity index is 545. The third-order valence-electron chi connectivity index (χ3n) is 4.98. The molecule has 1 aromatic rings. The van der Waals surface area contributed by atoms with Crippen LogP contribution in [0.5, 0.6) is 0 Å². The van der Waals surface area contributed by atoms with Crippen molar-refractivity contribution < 1.29 is 4.79 Å². The minimum Gasteiger partial charge on any atom is -0.399 e. The van der Waals surface area contributed by atoms with Crippen LogP contribution in [-0.4, -0.2) is 50.1 Å². The van der Waals surface area contributed by atoms with Gasteiger partial charge in [-0.15, -0.1) is 0 Å².